The van der Waals surface area contributed by atoms with Gasteiger partial charge < -0.3 is 10.1 Å². The minimum absolute atomic E-state index is 0.102. The zero-order valence-corrected chi connectivity index (χ0v) is 12.4. The molecule has 2 aromatic rings. The van der Waals surface area contributed by atoms with Crippen molar-refractivity contribution in [3.63, 3.8) is 0 Å². The van der Waals surface area contributed by atoms with Crippen molar-refractivity contribution in [3.05, 3.63) is 53.1 Å². The molecule has 1 aliphatic heterocycles. The molecule has 4 nitrogen and oxygen atoms in total. The van der Waals surface area contributed by atoms with Gasteiger partial charge in [-0.25, -0.2) is 18.7 Å². The summed E-state index contributed by atoms with van der Waals surface area (Å²) < 4.78 is 33.3. The van der Waals surface area contributed by atoms with E-state index in [0.29, 0.717) is 12.1 Å². The molecule has 0 radical (unpaired) electrons. The zero-order valence-electron chi connectivity index (χ0n) is 11.6. The number of rotatable bonds is 4. The van der Waals surface area contributed by atoms with Crippen LogP contribution in [0.2, 0.25) is 5.02 Å². The summed E-state index contributed by atoms with van der Waals surface area (Å²) in [6.45, 7) is 1.56. The van der Waals surface area contributed by atoms with E-state index >= 15 is 0 Å². The van der Waals surface area contributed by atoms with E-state index in [9.17, 15) is 8.78 Å². The lowest BCUT2D eigenvalue weighted by Crippen LogP contribution is -2.22. The van der Waals surface area contributed by atoms with Gasteiger partial charge in [0, 0.05) is 30.4 Å². The lowest BCUT2D eigenvalue weighted by atomic mass is 9.96. The highest BCUT2D eigenvalue weighted by atomic mass is 35.5. The molecule has 1 aromatic carbocycles. The van der Waals surface area contributed by atoms with Gasteiger partial charge >= 0.3 is 0 Å². The van der Waals surface area contributed by atoms with Crippen molar-refractivity contribution in [2.75, 3.05) is 13.1 Å². The quantitative estimate of drug-likeness (QED) is 0.877. The van der Waals surface area contributed by atoms with E-state index in [1.54, 1.807) is 12.4 Å². The van der Waals surface area contributed by atoms with Gasteiger partial charge in [0.05, 0.1) is 0 Å². The molecule has 0 spiro atoms. The Kier molecular flexibility index (Phi) is 4.49. The van der Waals surface area contributed by atoms with E-state index in [1.165, 1.54) is 6.33 Å². The third-order valence-corrected chi connectivity index (χ3v) is 4.03. The van der Waals surface area contributed by atoms with Gasteiger partial charge in [-0.1, -0.05) is 11.6 Å². The molecule has 1 aliphatic rings. The maximum Gasteiger partial charge on any atom is 0.177 e. The van der Waals surface area contributed by atoms with Crippen LogP contribution in [0.3, 0.4) is 0 Å². The Bertz CT molecular complexity index is 651. The van der Waals surface area contributed by atoms with Gasteiger partial charge in [-0.2, -0.15) is 0 Å². The molecule has 7 heteroatoms. The third kappa shape index (κ3) is 3.03. The number of nitrogens with one attached hydrogen (secondary N) is 1. The van der Waals surface area contributed by atoms with Crippen molar-refractivity contribution in [1.29, 1.82) is 0 Å². The summed E-state index contributed by atoms with van der Waals surface area (Å²) >= 11 is 5.85. The average molecular weight is 326 g/mol. The van der Waals surface area contributed by atoms with E-state index in [0.717, 1.165) is 25.1 Å². The Balaban J connectivity index is 1.95. The molecule has 1 saturated heterocycles. The Morgan fingerprint density at radius 2 is 1.95 bits per heavy atom. The molecule has 2 heterocycles. The fourth-order valence-electron chi connectivity index (χ4n) is 2.57. The van der Waals surface area contributed by atoms with Gasteiger partial charge in [0.25, 0.3) is 0 Å². The number of hydrogen-bond acceptors (Lipinski definition) is 4. The van der Waals surface area contributed by atoms with Crippen LogP contribution < -0.4 is 10.1 Å². The Hall–Kier alpha value is -1.79. The number of halogens is 3. The lowest BCUT2D eigenvalue weighted by Gasteiger charge is -2.25. The van der Waals surface area contributed by atoms with Crippen molar-refractivity contribution < 1.29 is 13.5 Å². The first-order valence-corrected chi connectivity index (χ1v) is 7.30. The first-order chi connectivity index (χ1) is 10.7. The van der Waals surface area contributed by atoms with E-state index in [-0.39, 0.29) is 16.7 Å². The van der Waals surface area contributed by atoms with Crippen molar-refractivity contribution in [2.45, 2.75) is 12.5 Å². The van der Waals surface area contributed by atoms with E-state index in [4.69, 9.17) is 16.3 Å². The van der Waals surface area contributed by atoms with Gasteiger partial charge in [0.15, 0.2) is 11.6 Å². The molecule has 0 unspecified atom stereocenters. The third-order valence-electron chi connectivity index (χ3n) is 3.68. The monoisotopic (exact) mass is 325 g/mol. The molecular formula is C15H14ClF2N3O. The zero-order chi connectivity index (χ0) is 15.5. The van der Waals surface area contributed by atoms with Crippen molar-refractivity contribution in [3.8, 4) is 5.75 Å². The molecule has 1 fully saturated rings. The SMILES string of the molecule is Fc1ccc(F)c(O[C@H](c2cncnc2)[C@@H]2CCNC2)c1Cl. The number of nitrogens with zero attached hydrogens (tertiary/aromatic N) is 2. The summed E-state index contributed by atoms with van der Waals surface area (Å²) in [5.74, 6) is -1.59. The second-order valence-electron chi connectivity index (χ2n) is 5.14. The fourth-order valence-corrected chi connectivity index (χ4v) is 2.77. The van der Waals surface area contributed by atoms with Crippen LogP contribution in [0.15, 0.2) is 30.9 Å². The molecule has 0 aliphatic carbocycles. The van der Waals surface area contributed by atoms with Gasteiger partial charge in [-0.05, 0) is 25.1 Å². The number of hydrogen-bond donors (Lipinski definition) is 1. The largest absolute Gasteiger partial charge is 0.481 e. The second-order valence-corrected chi connectivity index (χ2v) is 5.51. The van der Waals surface area contributed by atoms with Gasteiger partial charge in [-0.15, -0.1) is 0 Å². The molecule has 0 amide bonds. The number of aromatic nitrogens is 2. The number of ether oxygens (including phenoxy) is 1. The van der Waals surface area contributed by atoms with Gasteiger partial charge in [-0.3, -0.25) is 0 Å². The molecule has 116 valence electrons. The van der Waals surface area contributed by atoms with E-state index in [1.807, 2.05) is 0 Å². The van der Waals surface area contributed by atoms with E-state index in [2.05, 4.69) is 15.3 Å². The van der Waals surface area contributed by atoms with Crippen LogP contribution >= 0.6 is 11.6 Å². The van der Waals surface area contributed by atoms with Crippen LogP contribution in [-0.4, -0.2) is 23.1 Å². The molecule has 2 atom stereocenters. The van der Waals surface area contributed by atoms with Crippen LogP contribution in [0.5, 0.6) is 5.75 Å². The Morgan fingerprint density at radius 1 is 1.23 bits per heavy atom. The fraction of sp³-hybridized carbons (Fsp3) is 0.333. The predicted octanol–water partition coefficient (Wildman–Crippen LogP) is 3.14. The predicted molar refractivity (Wildman–Crippen MR) is 77.7 cm³/mol. The smallest absolute Gasteiger partial charge is 0.177 e. The van der Waals surface area contributed by atoms with Crippen molar-refractivity contribution in [1.82, 2.24) is 15.3 Å². The highest BCUT2D eigenvalue weighted by Crippen LogP contribution is 2.37. The lowest BCUT2D eigenvalue weighted by molar-refractivity contribution is 0.137. The summed E-state index contributed by atoms with van der Waals surface area (Å²) in [4.78, 5) is 7.94. The topological polar surface area (TPSA) is 47.0 Å². The minimum Gasteiger partial charge on any atom is -0.481 e. The van der Waals surface area contributed by atoms with Gasteiger partial charge in [0.1, 0.15) is 23.3 Å². The first-order valence-electron chi connectivity index (χ1n) is 6.92. The van der Waals surface area contributed by atoms with Crippen LogP contribution in [0.4, 0.5) is 8.78 Å². The molecule has 0 bridgehead atoms. The maximum atomic E-state index is 14.0. The summed E-state index contributed by atoms with van der Waals surface area (Å²) in [6, 6.07) is 1.98. The summed E-state index contributed by atoms with van der Waals surface area (Å²) in [5.41, 5.74) is 0.705. The van der Waals surface area contributed by atoms with Crippen molar-refractivity contribution in [2.24, 2.45) is 5.92 Å². The van der Waals surface area contributed by atoms with Crippen LogP contribution in [0, 0.1) is 17.6 Å². The maximum absolute atomic E-state index is 14.0. The number of benzene rings is 1. The molecule has 0 saturated carbocycles. The summed E-state index contributed by atoms with van der Waals surface area (Å²) in [7, 11) is 0. The highest BCUT2D eigenvalue weighted by molar-refractivity contribution is 6.32. The molecular weight excluding hydrogens is 312 g/mol. The van der Waals surface area contributed by atoms with Crippen LogP contribution in [0.25, 0.3) is 0 Å². The van der Waals surface area contributed by atoms with Crippen LogP contribution in [-0.2, 0) is 0 Å². The molecule has 3 rings (SSSR count). The molecule has 22 heavy (non-hydrogen) atoms. The van der Waals surface area contributed by atoms with Crippen molar-refractivity contribution >= 4 is 11.6 Å². The second kappa shape index (κ2) is 6.54. The molecule has 1 N–H and O–H groups in total. The highest BCUT2D eigenvalue weighted by Gasteiger charge is 2.30. The molecule has 1 aromatic heterocycles. The summed E-state index contributed by atoms with van der Waals surface area (Å²) in [5, 5.41) is 2.87. The Labute approximate surface area is 131 Å². The minimum atomic E-state index is -0.717. The van der Waals surface area contributed by atoms with Crippen LogP contribution in [0.1, 0.15) is 18.1 Å². The van der Waals surface area contributed by atoms with Gasteiger partial charge in [0.2, 0.25) is 0 Å². The summed E-state index contributed by atoms with van der Waals surface area (Å²) in [6.07, 6.45) is 4.99. The first kappa shape index (κ1) is 15.1. The van der Waals surface area contributed by atoms with E-state index < -0.39 is 17.7 Å². The Morgan fingerprint density at radius 3 is 2.64 bits per heavy atom. The normalized spacial score (nSPS) is 19.1. The standard InChI is InChI=1S/C15H14ClF2N3O/c16-13-11(17)1-2-12(18)15(13)22-14(9-3-4-19-5-9)10-6-20-8-21-7-10/h1-2,6-9,14,19H,3-5H2/t9-,14+/m1/s1. The average Bonchev–Trinajstić information content (AvgIpc) is 3.06.